The average Bonchev–Trinajstić information content (AvgIpc) is 3.56. The molecule has 2 nitrogen and oxygen atoms in total. The summed E-state index contributed by atoms with van der Waals surface area (Å²) in [5, 5.41) is 5.73. The van der Waals surface area contributed by atoms with Crippen LogP contribution in [0.15, 0.2) is 140 Å². The van der Waals surface area contributed by atoms with Crippen LogP contribution in [0.1, 0.15) is 33.1 Å². The van der Waals surface area contributed by atoms with Crippen LogP contribution in [-0.4, -0.2) is 4.57 Å². The summed E-state index contributed by atoms with van der Waals surface area (Å²) in [6.45, 7) is -5.56. The van der Waals surface area contributed by atoms with Gasteiger partial charge >= 0.3 is 0 Å². The van der Waals surface area contributed by atoms with E-state index in [0.29, 0.717) is 22.3 Å². The van der Waals surface area contributed by atoms with Crippen molar-refractivity contribution in [2.24, 2.45) is 0 Å². The Labute approximate surface area is 249 Å². The van der Waals surface area contributed by atoms with Gasteiger partial charge in [0.1, 0.15) is 0 Å². The summed E-state index contributed by atoms with van der Waals surface area (Å²) in [5.41, 5.74) is 6.96. The summed E-state index contributed by atoms with van der Waals surface area (Å²) < 4.78 is 52.9. The van der Waals surface area contributed by atoms with Gasteiger partial charge in [0.15, 0.2) is 0 Å². The van der Waals surface area contributed by atoms with Gasteiger partial charge in [-0.1, -0.05) is 105 Å². The van der Waals surface area contributed by atoms with Gasteiger partial charge in [-0.2, -0.15) is 0 Å². The lowest BCUT2D eigenvalue weighted by Gasteiger charge is -2.21. The van der Waals surface area contributed by atoms with E-state index in [1.54, 1.807) is 24.3 Å². The Balaban J connectivity index is 1.20. The van der Waals surface area contributed by atoms with Crippen molar-refractivity contribution in [3.63, 3.8) is 0 Å². The number of hydrogen-bond donors (Lipinski definition) is 1. The van der Waals surface area contributed by atoms with Crippen LogP contribution in [0.4, 0.5) is 11.4 Å². The number of fused-ring (bicyclic) bond motifs is 6. The molecule has 0 bridgehead atoms. The van der Waals surface area contributed by atoms with E-state index < -0.39 is 19.1 Å². The average molecular weight is 533 g/mol. The Bertz CT molecular complexity index is 2280. The number of hydrogen-bond acceptors (Lipinski definition) is 1. The molecule has 0 saturated heterocycles. The van der Waals surface area contributed by atoms with Crippen molar-refractivity contribution in [3.8, 4) is 27.9 Å². The first-order chi connectivity index (χ1) is 22.6. The van der Waals surface area contributed by atoms with Crippen LogP contribution in [-0.2, 0) is 5.41 Å². The second-order valence-electron chi connectivity index (χ2n) is 10.7. The zero-order chi connectivity index (χ0) is 32.6. The first-order valence-corrected chi connectivity index (χ1v) is 13.8. The number of para-hydroxylation sites is 1. The van der Waals surface area contributed by atoms with Crippen molar-refractivity contribution in [1.82, 2.24) is 4.57 Å². The Kier molecular flexibility index (Phi) is 4.00. The van der Waals surface area contributed by atoms with E-state index >= 15 is 0 Å². The molecule has 196 valence electrons. The third-order valence-corrected chi connectivity index (χ3v) is 8.24. The number of nitrogens with one attached hydrogen (secondary N) is 1. The minimum atomic E-state index is -2.78. The normalized spacial score (nSPS) is 16.1. The van der Waals surface area contributed by atoms with Crippen LogP contribution in [0.5, 0.6) is 0 Å². The third-order valence-electron chi connectivity index (χ3n) is 8.24. The van der Waals surface area contributed by atoms with E-state index in [4.69, 9.17) is 8.22 Å². The summed E-state index contributed by atoms with van der Waals surface area (Å²) in [7, 11) is 0. The number of nitrogens with zero attached hydrogens (tertiary/aromatic N) is 1. The summed E-state index contributed by atoms with van der Waals surface area (Å²) >= 11 is 0. The van der Waals surface area contributed by atoms with Crippen molar-refractivity contribution in [3.05, 3.63) is 151 Å². The van der Waals surface area contributed by atoms with Crippen LogP contribution < -0.4 is 5.32 Å². The van der Waals surface area contributed by atoms with Gasteiger partial charge in [-0.3, -0.25) is 0 Å². The monoisotopic (exact) mass is 532 g/mol. The highest BCUT2D eigenvalue weighted by atomic mass is 15.0. The molecule has 0 aliphatic heterocycles. The number of benzene rings is 6. The first-order valence-electron chi connectivity index (χ1n) is 16.8. The van der Waals surface area contributed by atoms with Gasteiger partial charge in [0.2, 0.25) is 0 Å². The molecule has 6 aromatic carbocycles. The molecule has 0 spiro atoms. The topological polar surface area (TPSA) is 17.0 Å². The third kappa shape index (κ3) is 3.72. The lowest BCUT2D eigenvalue weighted by atomic mass is 9.82. The molecule has 1 N–H and O–H groups in total. The molecule has 0 unspecified atom stereocenters. The predicted molar refractivity (Wildman–Crippen MR) is 174 cm³/mol. The molecule has 0 fully saturated rings. The van der Waals surface area contributed by atoms with E-state index in [0.717, 1.165) is 44.4 Å². The van der Waals surface area contributed by atoms with Crippen molar-refractivity contribution in [2.45, 2.75) is 19.1 Å². The first kappa shape index (κ1) is 18.3. The molecular weight excluding hydrogens is 496 g/mol. The van der Waals surface area contributed by atoms with Gasteiger partial charge in [0.25, 0.3) is 0 Å². The fourth-order valence-corrected chi connectivity index (χ4v) is 6.29. The second-order valence-corrected chi connectivity index (χ2v) is 10.7. The van der Waals surface area contributed by atoms with E-state index in [9.17, 15) is 0 Å². The van der Waals surface area contributed by atoms with Gasteiger partial charge < -0.3 is 9.88 Å². The molecule has 0 atom stereocenters. The van der Waals surface area contributed by atoms with Crippen molar-refractivity contribution >= 4 is 33.2 Å². The molecule has 41 heavy (non-hydrogen) atoms. The van der Waals surface area contributed by atoms with Crippen LogP contribution in [0, 0.1) is 0 Å². The van der Waals surface area contributed by atoms with Crippen molar-refractivity contribution < 1.29 is 8.22 Å². The molecule has 2 heteroatoms. The molecule has 1 aliphatic rings. The zero-order valence-electron chi connectivity index (χ0n) is 28.2. The van der Waals surface area contributed by atoms with Gasteiger partial charge in [-0.15, -0.1) is 0 Å². The highest BCUT2D eigenvalue weighted by Crippen LogP contribution is 2.49. The lowest BCUT2D eigenvalue weighted by Crippen LogP contribution is -2.14. The highest BCUT2D eigenvalue weighted by molar-refractivity contribution is 6.10. The summed E-state index contributed by atoms with van der Waals surface area (Å²) in [5.74, 6) is 0. The maximum absolute atomic E-state index is 8.44. The second kappa shape index (κ2) is 8.97. The standard InChI is InChI=1S/C39H30N2/c1-39(2)35-14-8-6-12-31(35)33-24-28(18-22-36(33)39)40-29-19-23-38-34(25-29)32-13-7-9-15-37(32)41(38)30-20-16-27(17-21-30)26-10-4-3-5-11-26/h3-25,40H,1-2H3/i1D3,2D3. The predicted octanol–water partition coefficient (Wildman–Crippen LogP) is 10.5. The van der Waals surface area contributed by atoms with Crippen molar-refractivity contribution in [2.75, 3.05) is 5.32 Å². The van der Waals surface area contributed by atoms with Crippen LogP contribution in [0.2, 0.25) is 0 Å². The summed E-state index contributed by atoms with van der Waals surface area (Å²) in [6, 6.07) is 45.9. The zero-order valence-corrected chi connectivity index (χ0v) is 22.2. The van der Waals surface area contributed by atoms with Gasteiger partial charge in [0, 0.05) is 41.5 Å². The SMILES string of the molecule is [2H]C([2H])([2H])C1(C([2H])([2H])[2H])c2ccccc2-c2cc(Nc3ccc4c(c3)c3ccccc3n4-c3ccc(-c4ccccc4)cc3)ccc21. The molecule has 1 heterocycles. The Morgan fingerprint density at radius 3 is 2.05 bits per heavy atom. The molecule has 0 saturated carbocycles. The number of aromatic nitrogens is 1. The van der Waals surface area contributed by atoms with Gasteiger partial charge in [-0.25, -0.2) is 0 Å². The maximum atomic E-state index is 8.44. The van der Waals surface area contributed by atoms with Crippen LogP contribution >= 0.6 is 0 Å². The van der Waals surface area contributed by atoms with Gasteiger partial charge in [-0.05, 0) is 81.9 Å². The molecule has 8 rings (SSSR count). The Hall–Kier alpha value is -5.08. The highest BCUT2D eigenvalue weighted by Gasteiger charge is 2.35. The maximum Gasteiger partial charge on any atom is 0.0542 e. The fraction of sp³-hybridized carbons (Fsp3) is 0.0769. The van der Waals surface area contributed by atoms with Crippen molar-refractivity contribution in [1.29, 1.82) is 0 Å². The molecule has 0 radical (unpaired) electrons. The smallest absolute Gasteiger partial charge is 0.0542 e. The summed E-state index contributed by atoms with van der Waals surface area (Å²) in [6.07, 6.45) is 0. The van der Waals surface area contributed by atoms with E-state index in [1.807, 2.05) is 48.5 Å². The largest absolute Gasteiger partial charge is 0.355 e. The minimum absolute atomic E-state index is 0.307. The van der Waals surface area contributed by atoms with E-state index in [-0.39, 0.29) is 0 Å². The van der Waals surface area contributed by atoms with E-state index in [1.165, 1.54) is 5.56 Å². The molecule has 1 aliphatic carbocycles. The fourth-order valence-electron chi connectivity index (χ4n) is 6.29. The summed E-state index contributed by atoms with van der Waals surface area (Å²) in [4.78, 5) is 0. The molecule has 7 aromatic rings. The Morgan fingerprint density at radius 2 is 1.20 bits per heavy atom. The minimum Gasteiger partial charge on any atom is -0.355 e. The van der Waals surface area contributed by atoms with Crippen LogP contribution in [0.3, 0.4) is 0 Å². The lowest BCUT2D eigenvalue weighted by molar-refractivity contribution is 0.660. The van der Waals surface area contributed by atoms with E-state index in [2.05, 4.69) is 76.6 Å². The number of rotatable bonds is 4. The molecular formula is C39H30N2. The Morgan fingerprint density at radius 1 is 0.537 bits per heavy atom. The number of anilines is 2. The van der Waals surface area contributed by atoms with Gasteiger partial charge in [0.05, 0.1) is 11.0 Å². The van der Waals surface area contributed by atoms with Crippen LogP contribution in [0.25, 0.3) is 49.7 Å². The molecule has 0 amide bonds. The quantitative estimate of drug-likeness (QED) is 0.239. The molecule has 1 aromatic heterocycles.